The summed E-state index contributed by atoms with van der Waals surface area (Å²) in [6.07, 6.45) is 4.31. The Morgan fingerprint density at radius 3 is 2.65 bits per heavy atom. The van der Waals surface area contributed by atoms with Gasteiger partial charge in [-0.15, -0.1) is 0 Å². The maximum absolute atomic E-state index is 6.06. The molecule has 0 saturated heterocycles. The van der Waals surface area contributed by atoms with E-state index in [1.807, 2.05) is 12.1 Å². The van der Waals surface area contributed by atoms with E-state index in [-0.39, 0.29) is 6.85 Å². The number of hydrogen-bond acceptors (Lipinski definition) is 2. The summed E-state index contributed by atoms with van der Waals surface area (Å²) >= 11 is 0. The minimum Gasteiger partial charge on any atom is -0.457 e. The van der Waals surface area contributed by atoms with E-state index in [1.54, 1.807) is 0 Å². The van der Waals surface area contributed by atoms with Gasteiger partial charge in [-0.05, 0) is 38.4 Å². The van der Waals surface area contributed by atoms with Crippen LogP contribution in [0.15, 0.2) is 52.7 Å². The van der Waals surface area contributed by atoms with Crippen LogP contribution < -0.4 is 14.8 Å². The molecule has 0 radical (unpaired) electrons. The summed E-state index contributed by atoms with van der Waals surface area (Å²) in [5.41, 5.74) is 4.69. The third kappa shape index (κ3) is 2.09. The van der Waals surface area contributed by atoms with E-state index in [1.165, 1.54) is 27.9 Å². The van der Waals surface area contributed by atoms with Crippen molar-refractivity contribution in [1.82, 2.24) is 0 Å². The highest BCUT2D eigenvalue weighted by atomic mass is 16.3. The van der Waals surface area contributed by atoms with Crippen LogP contribution in [0.3, 0.4) is 0 Å². The Morgan fingerprint density at radius 2 is 1.87 bits per heavy atom. The van der Waals surface area contributed by atoms with Crippen LogP contribution in [0.5, 0.6) is 0 Å². The molecule has 2 aromatic heterocycles. The summed E-state index contributed by atoms with van der Waals surface area (Å²) < 4.78 is 8.25. The van der Waals surface area contributed by atoms with Crippen molar-refractivity contribution >= 4 is 35.2 Å². The first-order valence-corrected chi connectivity index (χ1v) is 8.01. The molecule has 3 nitrogen and oxygen atoms in total. The third-order valence-electron chi connectivity index (χ3n) is 4.69. The molecular weight excluding hydrogens is 283 g/mol. The van der Waals surface area contributed by atoms with Crippen molar-refractivity contribution in [1.29, 1.82) is 0 Å². The maximum atomic E-state index is 6.06. The molecule has 23 heavy (non-hydrogen) atoms. The third-order valence-corrected chi connectivity index (χ3v) is 4.69. The lowest BCUT2D eigenvalue weighted by atomic mass is 9.53. The van der Waals surface area contributed by atoms with Crippen molar-refractivity contribution in [3.8, 4) is 0 Å². The molecule has 0 saturated carbocycles. The Morgan fingerprint density at radius 1 is 1.09 bits per heavy atom. The average Bonchev–Trinajstić information content (AvgIpc) is 2.87. The largest absolute Gasteiger partial charge is 0.457 e. The number of allylic oxidation sites excluding steroid dienone is 1. The Labute approximate surface area is 136 Å². The van der Waals surface area contributed by atoms with Crippen molar-refractivity contribution in [3.63, 3.8) is 0 Å². The van der Waals surface area contributed by atoms with Gasteiger partial charge < -0.3 is 4.42 Å². The van der Waals surface area contributed by atoms with E-state index in [4.69, 9.17) is 4.42 Å². The molecule has 0 fully saturated rings. The highest BCUT2D eigenvalue weighted by Crippen LogP contribution is 2.28. The first-order valence-electron chi connectivity index (χ1n) is 8.01. The second kappa shape index (κ2) is 5.02. The molecule has 1 aromatic carbocycles. The quantitative estimate of drug-likeness (QED) is 0.508. The molecule has 0 N–H and O–H groups in total. The number of nitrogens with zero attached hydrogens (tertiary/aromatic N) is 2. The van der Waals surface area contributed by atoms with Gasteiger partial charge in [-0.25, -0.2) is 4.57 Å². The average molecular weight is 303 g/mol. The topological polar surface area (TPSA) is 20.3 Å². The molecule has 0 atom stereocenters. The molecule has 1 aliphatic rings. The van der Waals surface area contributed by atoms with Gasteiger partial charge in [-0.1, -0.05) is 18.2 Å². The number of hydrogen-bond donors (Lipinski definition) is 0. The van der Waals surface area contributed by atoms with Crippen LogP contribution in [0.4, 0.5) is 5.82 Å². The zero-order valence-electron chi connectivity index (χ0n) is 14.0. The molecule has 0 amide bonds. The highest BCUT2D eigenvalue weighted by molar-refractivity contribution is 6.79. The van der Waals surface area contributed by atoms with Gasteiger partial charge in [0.25, 0.3) is 5.82 Å². The smallest absolute Gasteiger partial charge is 0.413 e. The number of benzene rings is 1. The lowest BCUT2D eigenvalue weighted by Crippen LogP contribution is -2.52. The first-order chi connectivity index (χ1) is 11.1. The lowest BCUT2D eigenvalue weighted by Gasteiger charge is -2.26. The summed E-state index contributed by atoms with van der Waals surface area (Å²) in [5, 5.41) is 1.21. The number of fused-ring (bicyclic) bond motifs is 3. The molecule has 3 aromatic rings. The predicted octanol–water partition coefficient (Wildman–Crippen LogP) is 3.28. The Hall–Kier alpha value is -2.49. The second-order valence-corrected chi connectivity index (χ2v) is 6.38. The van der Waals surface area contributed by atoms with E-state index in [9.17, 15) is 0 Å². The van der Waals surface area contributed by atoms with Crippen molar-refractivity contribution < 1.29 is 8.98 Å². The van der Waals surface area contributed by atoms with Gasteiger partial charge in [-0.3, -0.25) is 4.81 Å². The number of anilines is 1. The Bertz CT molecular complexity index is 942. The molecule has 4 rings (SSSR count). The van der Waals surface area contributed by atoms with E-state index in [0.29, 0.717) is 0 Å². The predicted molar refractivity (Wildman–Crippen MR) is 96.0 cm³/mol. The van der Waals surface area contributed by atoms with E-state index in [0.717, 1.165) is 11.3 Å². The summed E-state index contributed by atoms with van der Waals surface area (Å²) in [6.45, 7) is 6.74. The van der Waals surface area contributed by atoms with Crippen LogP contribution in [0.2, 0.25) is 6.82 Å². The Balaban J connectivity index is 1.91. The van der Waals surface area contributed by atoms with E-state index in [2.05, 4.69) is 73.6 Å². The molecule has 0 spiro atoms. The van der Waals surface area contributed by atoms with Crippen LogP contribution >= 0.6 is 0 Å². The minimum absolute atomic E-state index is 0.229. The molecule has 1 aliphatic heterocycles. The second-order valence-electron chi connectivity index (χ2n) is 6.38. The lowest BCUT2D eigenvalue weighted by molar-refractivity contribution is -0.658. The summed E-state index contributed by atoms with van der Waals surface area (Å²) in [5.74, 6) is 2.18. The van der Waals surface area contributed by atoms with Gasteiger partial charge in [0.05, 0.1) is 18.9 Å². The summed E-state index contributed by atoms with van der Waals surface area (Å²) in [4.78, 5) is 2.38. The van der Waals surface area contributed by atoms with Crippen LogP contribution in [0, 0.1) is 6.92 Å². The fourth-order valence-corrected chi connectivity index (χ4v) is 3.68. The fourth-order valence-electron chi connectivity index (χ4n) is 3.68. The van der Waals surface area contributed by atoms with Crippen molar-refractivity contribution in [2.75, 3.05) is 4.81 Å². The monoisotopic (exact) mass is 303 g/mol. The maximum Gasteiger partial charge on any atom is 0.413 e. The number of aryl methyl sites for hydroxylation is 2. The molecule has 4 heteroatoms. The molecule has 3 heterocycles. The summed E-state index contributed by atoms with van der Waals surface area (Å²) in [6, 6.07) is 12.6. The van der Waals surface area contributed by atoms with Crippen molar-refractivity contribution in [2.24, 2.45) is 7.05 Å². The summed E-state index contributed by atoms with van der Waals surface area (Å²) in [7, 11) is 2.10. The SMILES string of the molecule is CB1c2c(oc3ccccc23)C=C(C)N1c1ccc(C)c[n+]1C. The number of para-hydroxylation sites is 1. The molecule has 0 bridgehead atoms. The van der Waals surface area contributed by atoms with Gasteiger partial charge in [0, 0.05) is 23.0 Å². The molecule has 0 unspecified atom stereocenters. The zero-order valence-corrected chi connectivity index (χ0v) is 14.0. The van der Waals surface area contributed by atoms with Crippen LogP contribution in [0.25, 0.3) is 17.0 Å². The van der Waals surface area contributed by atoms with Crippen LogP contribution in [-0.2, 0) is 7.05 Å². The molecule has 114 valence electrons. The van der Waals surface area contributed by atoms with E-state index >= 15 is 0 Å². The van der Waals surface area contributed by atoms with Crippen LogP contribution in [0.1, 0.15) is 18.2 Å². The van der Waals surface area contributed by atoms with Gasteiger partial charge >= 0.3 is 6.85 Å². The fraction of sp³-hybridized carbons (Fsp3) is 0.211. The van der Waals surface area contributed by atoms with Crippen LogP contribution in [-0.4, -0.2) is 6.85 Å². The molecule has 0 aliphatic carbocycles. The number of furan rings is 1. The standard InChI is InChI=1S/C19H20BN2O/c1-13-9-10-18(21(4)12-13)22-14(2)11-17-19(20(22)3)15-7-5-6-8-16(15)23-17/h5-12H,1-4H3/q+1. The normalized spacial score (nSPS) is 14.2. The van der Waals surface area contributed by atoms with Gasteiger partial charge in [-0.2, -0.15) is 0 Å². The number of aromatic nitrogens is 1. The molecular formula is C19H20BN2O+. The zero-order chi connectivity index (χ0) is 16.1. The number of rotatable bonds is 1. The van der Waals surface area contributed by atoms with Gasteiger partial charge in [0.15, 0.2) is 0 Å². The minimum atomic E-state index is 0.229. The Kier molecular flexibility index (Phi) is 3.08. The van der Waals surface area contributed by atoms with Crippen molar-refractivity contribution in [3.05, 3.63) is 59.6 Å². The van der Waals surface area contributed by atoms with Crippen molar-refractivity contribution in [2.45, 2.75) is 20.7 Å². The first kappa shape index (κ1) is 14.1. The van der Waals surface area contributed by atoms with Gasteiger partial charge in [0.2, 0.25) is 0 Å². The highest BCUT2D eigenvalue weighted by Gasteiger charge is 2.39. The van der Waals surface area contributed by atoms with E-state index < -0.39 is 0 Å². The number of pyridine rings is 1. The van der Waals surface area contributed by atoms with Gasteiger partial charge in [0.1, 0.15) is 11.3 Å².